The van der Waals surface area contributed by atoms with Crippen molar-refractivity contribution in [2.45, 2.75) is 39.8 Å². The second kappa shape index (κ2) is 17.3. The molecule has 4 N–H and O–H groups in total. The predicted molar refractivity (Wildman–Crippen MR) is 140 cm³/mol. The monoisotopic (exact) mass is 483 g/mol. The van der Waals surface area contributed by atoms with Crippen LogP contribution in [-0.4, -0.2) is 29.2 Å². The van der Waals surface area contributed by atoms with Gasteiger partial charge in [0.1, 0.15) is 11.9 Å². The van der Waals surface area contributed by atoms with E-state index in [4.69, 9.17) is 15.3 Å². The zero-order valence-corrected chi connectivity index (χ0v) is 20.5. The Bertz CT molecular complexity index is 1000. The van der Waals surface area contributed by atoms with E-state index >= 15 is 0 Å². The molecule has 7 nitrogen and oxygen atoms in total. The number of anilines is 1. The van der Waals surface area contributed by atoms with Crippen molar-refractivity contribution < 1.29 is 23.8 Å². The molecule has 2 aromatic carbocycles. The van der Waals surface area contributed by atoms with E-state index in [0.717, 1.165) is 5.56 Å². The first-order chi connectivity index (χ1) is 16.8. The number of rotatable bonds is 9. The minimum absolute atomic E-state index is 0.462. The average Bonchev–Trinajstić information content (AvgIpc) is 2.89. The molecule has 0 radical (unpaired) electrons. The van der Waals surface area contributed by atoms with Crippen LogP contribution in [0.4, 0.5) is 10.1 Å². The molecule has 0 saturated heterocycles. The van der Waals surface area contributed by atoms with E-state index in [2.05, 4.69) is 23.8 Å². The summed E-state index contributed by atoms with van der Waals surface area (Å²) in [6, 6.07) is 13.7. The van der Waals surface area contributed by atoms with Crippen molar-refractivity contribution in [3.63, 3.8) is 0 Å². The Kier molecular flexibility index (Phi) is 15.2. The smallest absolute Gasteiger partial charge is 0.394 e. The first kappa shape index (κ1) is 30.8. The number of aliphatic carboxylic acids is 1. The van der Waals surface area contributed by atoms with Crippen LogP contribution in [0.3, 0.4) is 0 Å². The maximum Gasteiger partial charge on any atom is 0.394 e. The van der Waals surface area contributed by atoms with Crippen LogP contribution in [0.25, 0.3) is 0 Å². The fraction of sp³-hybridized carbons (Fsp3) is 0.222. The Hall–Kier alpha value is -4.20. The van der Waals surface area contributed by atoms with Crippen LogP contribution >= 0.6 is 0 Å². The summed E-state index contributed by atoms with van der Waals surface area (Å²) in [6.45, 7) is 14.7. The van der Waals surface area contributed by atoms with Crippen molar-refractivity contribution >= 4 is 23.8 Å². The number of carboxylic acids is 1. The number of benzene rings is 2. The Morgan fingerprint density at radius 1 is 1.17 bits per heavy atom. The van der Waals surface area contributed by atoms with Crippen LogP contribution in [0.5, 0.6) is 5.75 Å². The molecule has 35 heavy (non-hydrogen) atoms. The highest BCUT2D eigenvalue weighted by molar-refractivity contribution is 6.31. The first-order valence-electron chi connectivity index (χ1n) is 11.0. The van der Waals surface area contributed by atoms with Crippen LogP contribution in [0, 0.1) is 5.41 Å². The summed E-state index contributed by atoms with van der Waals surface area (Å²) < 4.78 is 16.6. The molecular formula is C27H34FN3O4. The van der Waals surface area contributed by atoms with Gasteiger partial charge in [-0.2, -0.15) is 0 Å². The van der Waals surface area contributed by atoms with Crippen LogP contribution < -0.4 is 15.4 Å². The number of amides is 1. The lowest BCUT2D eigenvalue weighted by atomic mass is 10.0. The molecule has 2 atom stereocenters. The fourth-order valence-electron chi connectivity index (χ4n) is 2.66. The second-order valence-electron chi connectivity index (χ2n) is 6.72. The molecular weight excluding hydrogens is 449 g/mol. The average molecular weight is 484 g/mol. The van der Waals surface area contributed by atoms with E-state index in [-0.39, 0.29) is 0 Å². The minimum Gasteiger partial charge on any atom is -0.484 e. The van der Waals surface area contributed by atoms with E-state index in [0.29, 0.717) is 29.0 Å². The molecule has 8 heteroatoms. The fourth-order valence-corrected chi connectivity index (χ4v) is 2.66. The highest BCUT2D eigenvalue weighted by Gasteiger charge is 2.25. The standard InChI is InChI=1S/C22H23N3O4.C3H5F.C2H6/c1-4-14(2)24-19-11-10-18(12-17(19)13-23)29-20(16-8-6-5-7-9-16)15(3)25-21(26)22(27)28;1-2-3-4;1-2/h4-13,15,20,23-24H,1-2H2,3H3,(H,25,26)(H,27,28);2-3H,1H3;1-2H3/b;3-2+;/t15?,20-;;/m0../s1. The van der Waals surface area contributed by atoms with Gasteiger partial charge < -0.3 is 25.9 Å². The van der Waals surface area contributed by atoms with E-state index in [1.807, 2.05) is 44.2 Å². The SMILES string of the molecule is C/C=C/F.C=CC(=C)Nc1ccc(O[C@H](c2ccccc2)C(C)NC(=O)C(=O)O)cc1C=N.CC. The summed E-state index contributed by atoms with van der Waals surface area (Å²) in [5, 5.41) is 22.0. The number of carboxylic acid groups (broad SMARTS) is 1. The predicted octanol–water partition coefficient (Wildman–Crippen LogP) is 6.02. The van der Waals surface area contributed by atoms with Gasteiger partial charge in [-0.15, -0.1) is 0 Å². The minimum atomic E-state index is -1.56. The molecule has 2 aromatic rings. The largest absolute Gasteiger partial charge is 0.484 e. The summed E-state index contributed by atoms with van der Waals surface area (Å²) >= 11 is 0. The van der Waals surface area contributed by atoms with Crippen LogP contribution in [0.15, 0.2) is 85.9 Å². The molecule has 0 aromatic heterocycles. The van der Waals surface area contributed by atoms with Crippen molar-refractivity contribution in [3.8, 4) is 5.75 Å². The number of halogens is 1. The Morgan fingerprint density at radius 2 is 1.77 bits per heavy atom. The zero-order chi connectivity index (χ0) is 26.8. The van der Waals surface area contributed by atoms with Gasteiger partial charge in [0.25, 0.3) is 0 Å². The molecule has 2 rings (SSSR count). The third-order valence-electron chi connectivity index (χ3n) is 4.24. The van der Waals surface area contributed by atoms with Gasteiger partial charge in [0.15, 0.2) is 0 Å². The van der Waals surface area contributed by atoms with Crippen molar-refractivity contribution in [1.82, 2.24) is 5.32 Å². The number of allylic oxidation sites excluding steroid dienone is 2. The Balaban J connectivity index is 0.00000174. The maximum atomic E-state index is 11.6. The molecule has 0 heterocycles. The number of hydrogen-bond acceptors (Lipinski definition) is 5. The van der Waals surface area contributed by atoms with Gasteiger partial charge in [0, 0.05) is 23.2 Å². The maximum absolute atomic E-state index is 11.6. The normalized spacial score (nSPS) is 11.3. The molecule has 0 spiro atoms. The van der Waals surface area contributed by atoms with Gasteiger partial charge in [-0.1, -0.05) is 63.4 Å². The molecule has 1 unspecified atom stereocenters. The van der Waals surface area contributed by atoms with Crippen molar-refractivity contribution in [1.29, 1.82) is 5.41 Å². The number of carbonyl (C=O) groups excluding carboxylic acids is 1. The van der Waals surface area contributed by atoms with Crippen molar-refractivity contribution in [2.24, 2.45) is 0 Å². The summed E-state index contributed by atoms with van der Waals surface area (Å²) in [5.41, 5.74) is 2.60. The lowest BCUT2D eigenvalue weighted by Gasteiger charge is -2.26. The third kappa shape index (κ3) is 11.0. The van der Waals surface area contributed by atoms with Crippen molar-refractivity contribution in [3.05, 3.63) is 97.0 Å². The number of ether oxygens (including phenoxy) is 1. The molecule has 1 amide bonds. The highest BCUT2D eigenvalue weighted by Crippen LogP contribution is 2.28. The van der Waals surface area contributed by atoms with Gasteiger partial charge in [-0.25, -0.2) is 9.18 Å². The number of carbonyl (C=O) groups is 2. The summed E-state index contributed by atoms with van der Waals surface area (Å²) in [7, 11) is 0. The molecule has 0 fully saturated rings. The Labute approximate surface area is 206 Å². The van der Waals surface area contributed by atoms with Crippen LogP contribution in [0.1, 0.15) is 44.9 Å². The van der Waals surface area contributed by atoms with Gasteiger partial charge in [0.2, 0.25) is 0 Å². The second-order valence-corrected chi connectivity index (χ2v) is 6.72. The molecule has 0 aliphatic heterocycles. The third-order valence-corrected chi connectivity index (χ3v) is 4.24. The lowest BCUT2D eigenvalue weighted by molar-refractivity contribution is -0.150. The van der Waals surface area contributed by atoms with Crippen molar-refractivity contribution in [2.75, 3.05) is 5.32 Å². The zero-order valence-electron chi connectivity index (χ0n) is 20.5. The van der Waals surface area contributed by atoms with E-state index in [1.165, 1.54) is 12.3 Å². The highest BCUT2D eigenvalue weighted by atomic mass is 19.1. The molecule has 0 aliphatic rings. The summed E-state index contributed by atoms with van der Waals surface area (Å²) in [4.78, 5) is 22.5. The van der Waals surface area contributed by atoms with Crippen LogP contribution in [0.2, 0.25) is 0 Å². The van der Waals surface area contributed by atoms with Crippen LogP contribution in [-0.2, 0) is 9.59 Å². The molecule has 0 saturated carbocycles. The van der Waals surface area contributed by atoms with Gasteiger partial charge >= 0.3 is 11.9 Å². The topological polar surface area (TPSA) is 112 Å². The molecule has 0 bridgehead atoms. The Morgan fingerprint density at radius 3 is 2.26 bits per heavy atom. The van der Waals surface area contributed by atoms with E-state index in [1.54, 1.807) is 38.1 Å². The molecule has 0 aliphatic carbocycles. The lowest BCUT2D eigenvalue weighted by Crippen LogP contribution is -2.42. The first-order valence-corrected chi connectivity index (χ1v) is 11.0. The quantitative estimate of drug-likeness (QED) is 0.198. The van der Waals surface area contributed by atoms with Gasteiger partial charge in [-0.3, -0.25) is 4.79 Å². The summed E-state index contributed by atoms with van der Waals surface area (Å²) in [6.07, 6.45) is 3.94. The molecule has 188 valence electrons. The number of nitrogens with one attached hydrogen (secondary N) is 3. The summed E-state index contributed by atoms with van der Waals surface area (Å²) in [5.74, 6) is -2.21. The number of hydrogen-bond donors (Lipinski definition) is 4. The van der Waals surface area contributed by atoms with Gasteiger partial charge in [-0.05, 0) is 43.7 Å². The van der Waals surface area contributed by atoms with E-state index < -0.39 is 24.0 Å². The van der Waals surface area contributed by atoms with E-state index in [9.17, 15) is 14.0 Å². The van der Waals surface area contributed by atoms with Gasteiger partial charge in [0.05, 0.1) is 12.4 Å².